The summed E-state index contributed by atoms with van der Waals surface area (Å²) in [5.74, 6) is -0.790. The molecule has 0 bridgehead atoms. The van der Waals surface area contributed by atoms with Gasteiger partial charge in [0.1, 0.15) is 19.8 Å². The molecule has 2 unspecified atom stereocenters. The minimum absolute atomic E-state index is 0.0323. The molecule has 0 aliphatic heterocycles. The molecule has 0 fully saturated rings. The summed E-state index contributed by atoms with van der Waals surface area (Å²) in [7, 11) is 1.48. The lowest BCUT2D eigenvalue weighted by Gasteiger charge is -2.24. The van der Waals surface area contributed by atoms with E-state index in [4.69, 9.17) is 18.5 Å². The molecule has 2 atom stereocenters. The Balaban J connectivity index is 4.07. The predicted octanol–water partition coefficient (Wildman–Crippen LogP) is 17.1. The molecule has 0 heterocycles. The van der Waals surface area contributed by atoms with Gasteiger partial charge >= 0.3 is 19.8 Å². The van der Waals surface area contributed by atoms with Gasteiger partial charge < -0.3 is 18.9 Å². The molecule has 0 saturated heterocycles. The van der Waals surface area contributed by atoms with E-state index in [0.29, 0.717) is 23.9 Å². The highest BCUT2D eigenvalue weighted by Crippen LogP contribution is 2.43. The van der Waals surface area contributed by atoms with Crippen LogP contribution >= 0.6 is 7.82 Å². The van der Waals surface area contributed by atoms with Crippen molar-refractivity contribution < 1.29 is 42.1 Å². The Morgan fingerprint density at radius 1 is 0.471 bits per heavy atom. The molecule has 10 heteroatoms. The highest BCUT2D eigenvalue weighted by molar-refractivity contribution is 7.47. The fourth-order valence-electron chi connectivity index (χ4n) is 7.75. The molecule has 9 nitrogen and oxygen atoms in total. The lowest BCUT2D eigenvalue weighted by Crippen LogP contribution is -2.37. The highest BCUT2D eigenvalue weighted by Gasteiger charge is 2.27. The van der Waals surface area contributed by atoms with E-state index in [-0.39, 0.29) is 25.6 Å². The standard InChI is InChI=1S/C58H106NO8P/c1-6-8-10-12-14-16-18-20-21-22-23-24-25-26-27-28-29-30-31-32-33-34-35-36-37-39-41-43-45-47-49-51-58(61)67-56(55-66-68(62,63)65-53-52-59(3,4)5)54-64-57(60)50-48-46-44-42-40-38-19-17-15-13-11-9-7-2/h8,10,14,16,20-21,23-24,26-27,56H,6-7,9,11-13,15,17-19,22,25,28-55H2,1-5H3/p+1/b10-8-,16-14-,21-20-,24-23-,27-26-. The number of likely N-dealkylation sites (N-methyl/N-ethyl adjacent to an activating group) is 1. The predicted molar refractivity (Wildman–Crippen MR) is 289 cm³/mol. The van der Waals surface area contributed by atoms with Crippen LogP contribution in [-0.2, 0) is 32.7 Å². The number of carbonyl (C=O) groups is 2. The number of phosphoric acid groups is 1. The second kappa shape index (κ2) is 49.7. The van der Waals surface area contributed by atoms with E-state index < -0.39 is 26.5 Å². The third kappa shape index (κ3) is 53.1. The summed E-state index contributed by atoms with van der Waals surface area (Å²) in [6, 6.07) is 0. The Morgan fingerprint density at radius 3 is 1.25 bits per heavy atom. The average molecular weight is 977 g/mol. The van der Waals surface area contributed by atoms with Gasteiger partial charge in [-0.3, -0.25) is 18.6 Å². The number of rotatable bonds is 51. The Morgan fingerprint density at radius 2 is 0.838 bits per heavy atom. The van der Waals surface area contributed by atoms with Crippen molar-refractivity contribution in [1.29, 1.82) is 0 Å². The van der Waals surface area contributed by atoms with Gasteiger partial charge in [-0.25, -0.2) is 4.57 Å². The molecule has 0 spiro atoms. The Kier molecular flexibility index (Phi) is 48.0. The number of carbonyl (C=O) groups excluding carboxylic acids is 2. The minimum Gasteiger partial charge on any atom is -0.462 e. The molecule has 0 rings (SSSR count). The average Bonchev–Trinajstić information content (AvgIpc) is 3.30. The van der Waals surface area contributed by atoms with Crippen molar-refractivity contribution >= 4 is 19.8 Å². The summed E-state index contributed by atoms with van der Waals surface area (Å²) in [6.45, 7) is 4.33. The van der Waals surface area contributed by atoms with Gasteiger partial charge in [0.2, 0.25) is 0 Å². The van der Waals surface area contributed by atoms with Crippen LogP contribution in [0.15, 0.2) is 60.8 Å². The summed E-state index contributed by atoms with van der Waals surface area (Å²) in [5.41, 5.74) is 0. The van der Waals surface area contributed by atoms with Crippen molar-refractivity contribution in [3.05, 3.63) is 60.8 Å². The van der Waals surface area contributed by atoms with Crippen LogP contribution in [0, 0.1) is 0 Å². The smallest absolute Gasteiger partial charge is 0.462 e. The zero-order valence-corrected chi connectivity index (χ0v) is 45.7. The summed E-state index contributed by atoms with van der Waals surface area (Å²) >= 11 is 0. The monoisotopic (exact) mass is 977 g/mol. The van der Waals surface area contributed by atoms with Crippen LogP contribution < -0.4 is 0 Å². The maximum atomic E-state index is 12.8. The quantitative estimate of drug-likeness (QED) is 0.0211. The van der Waals surface area contributed by atoms with Crippen molar-refractivity contribution in [1.82, 2.24) is 0 Å². The van der Waals surface area contributed by atoms with Gasteiger partial charge in [-0.2, -0.15) is 0 Å². The molecule has 0 aliphatic carbocycles. The number of nitrogens with zero attached hydrogens (tertiary/aromatic N) is 1. The highest BCUT2D eigenvalue weighted by atomic mass is 31.2. The maximum absolute atomic E-state index is 12.8. The Labute approximate surface area is 419 Å². The normalized spacial score (nSPS) is 13.8. The number of ether oxygens (including phenoxy) is 2. The lowest BCUT2D eigenvalue weighted by molar-refractivity contribution is -0.870. The first-order chi connectivity index (χ1) is 33.0. The van der Waals surface area contributed by atoms with Crippen molar-refractivity contribution in [2.75, 3.05) is 47.5 Å². The van der Waals surface area contributed by atoms with Gasteiger partial charge in [0.15, 0.2) is 6.10 Å². The summed E-state index contributed by atoms with van der Waals surface area (Å²) < 4.78 is 34.5. The van der Waals surface area contributed by atoms with Crippen molar-refractivity contribution in [2.24, 2.45) is 0 Å². The number of phosphoric ester groups is 1. The molecule has 0 saturated carbocycles. The lowest BCUT2D eigenvalue weighted by atomic mass is 10.0. The number of quaternary nitrogens is 1. The van der Waals surface area contributed by atoms with Gasteiger partial charge in [-0.15, -0.1) is 0 Å². The van der Waals surface area contributed by atoms with Gasteiger partial charge in [0, 0.05) is 12.8 Å². The van der Waals surface area contributed by atoms with Crippen LogP contribution in [-0.4, -0.2) is 74.9 Å². The van der Waals surface area contributed by atoms with E-state index in [9.17, 15) is 19.0 Å². The molecule has 1 N–H and O–H groups in total. The van der Waals surface area contributed by atoms with Gasteiger partial charge in [-0.1, -0.05) is 235 Å². The minimum atomic E-state index is -4.38. The third-order valence-electron chi connectivity index (χ3n) is 12.1. The SMILES string of the molecule is CC/C=C\C/C=C\C/C=C\C/C=C\C/C=C\CCCCCCCCCCCCCCCCCC(=O)OC(COC(=O)CCCCCCCCCCCCCCC)COP(=O)(O)OCC[N+](C)(C)C. The topological polar surface area (TPSA) is 108 Å². The molecule has 0 aromatic rings. The van der Waals surface area contributed by atoms with E-state index in [1.54, 1.807) is 0 Å². The first-order valence-electron chi connectivity index (χ1n) is 28.0. The number of unbranched alkanes of at least 4 members (excludes halogenated alkanes) is 27. The third-order valence-corrected chi connectivity index (χ3v) is 13.0. The summed E-state index contributed by atoms with van der Waals surface area (Å²) in [5, 5.41) is 0. The number of hydrogen-bond donors (Lipinski definition) is 1. The van der Waals surface area contributed by atoms with E-state index >= 15 is 0 Å². The molecule has 0 aliphatic rings. The van der Waals surface area contributed by atoms with Crippen LogP contribution in [0.4, 0.5) is 0 Å². The first-order valence-corrected chi connectivity index (χ1v) is 29.5. The van der Waals surface area contributed by atoms with E-state index in [1.807, 2.05) is 21.1 Å². The van der Waals surface area contributed by atoms with E-state index in [0.717, 1.165) is 64.2 Å². The molecule has 396 valence electrons. The van der Waals surface area contributed by atoms with Crippen molar-refractivity contribution in [3.8, 4) is 0 Å². The second-order valence-electron chi connectivity index (χ2n) is 19.9. The van der Waals surface area contributed by atoms with Gasteiger partial charge in [0.25, 0.3) is 0 Å². The largest absolute Gasteiger partial charge is 0.472 e. The van der Waals surface area contributed by atoms with Crippen LogP contribution in [0.2, 0.25) is 0 Å². The Hall–Kier alpha value is -2.29. The molecule has 0 aromatic carbocycles. The van der Waals surface area contributed by atoms with Gasteiger partial charge in [-0.05, 0) is 57.8 Å². The number of allylic oxidation sites excluding steroid dienone is 10. The number of esters is 2. The summed E-state index contributed by atoms with van der Waals surface area (Å²) in [4.78, 5) is 35.6. The van der Waals surface area contributed by atoms with Crippen molar-refractivity contribution in [2.45, 2.75) is 251 Å². The van der Waals surface area contributed by atoms with Crippen LogP contribution in [0.1, 0.15) is 245 Å². The zero-order valence-electron chi connectivity index (χ0n) is 44.8. The number of hydrogen-bond acceptors (Lipinski definition) is 7. The maximum Gasteiger partial charge on any atom is 0.472 e. The molecule has 68 heavy (non-hydrogen) atoms. The molecular formula is C58H107NO8P+. The molecular weight excluding hydrogens is 870 g/mol. The van der Waals surface area contributed by atoms with E-state index in [1.165, 1.54) is 148 Å². The molecule has 0 radical (unpaired) electrons. The van der Waals surface area contributed by atoms with Gasteiger partial charge in [0.05, 0.1) is 27.7 Å². The first kappa shape index (κ1) is 65.7. The molecule has 0 aromatic heterocycles. The summed E-state index contributed by atoms with van der Waals surface area (Å²) in [6.07, 6.45) is 62.9. The van der Waals surface area contributed by atoms with Crippen LogP contribution in [0.3, 0.4) is 0 Å². The van der Waals surface area contributed by atoms with Crippen molar-refractivity contribution in [3.63, 3.8) is 0 Å². The zero-order chi connectivity index (χ0) is 49.9. The Bertz CT molecular complexity index is 1340. The van der Waals surface area contributed by atoms with Crippen LogP contribution in [0.25, 0.3) is 0 Å². The van der Waals surface area contributed by atoms with Crippen LogP contribution in [0.5, 0.6) is 0 Å². The fourth-order valence-corrected chi connectivity index (χ4v) is 8.49. The van der Waals surface area contributed by atoms with E-state index in [2.05, 4.69) is 74.6 Å². The fraction of sp³-hybridized carbons (Fsp3) is 0.793. The molecule has 0 amide bonds. The second-order valence-corrected chi connectivity index (χ2v) is 21.4.